The molecule has 2 amide bonds. The molecule has 118 valence electrons. The SMILES string of the molecule is CCCCCCc1c(CC)c(C)c(C)c(C)c1NC(N)=O. The second-order valence-corrected chi connectivity index (χ2v) is 5.86. The maximum Gasteiger partial charge on any atom is 0.316 e. The third-order valence-corrected chi connectivity index (χ3v) is 4.50. The second kappa shape index (κ2) is 8.06. The fraction of sp³-hybridized carbons (Fsp3) is 0.611. The summed E-state index contributed by atoms with van der Waals surface area (Å²) in [7, 11) is 0. The van der Waals surface area contributed by atoms with E-state index < -0.39 is 6.03 Å². The van der Waals surface area contributed by atoms with E-state index in [0.29, 0.717) is 0 Å². The molecule has 0 heterocycles. The number of amides is 2. The summed E-state index contributed by atoms with van der Waals surface area (Å²) in [4.78, 5) is 11.4. The number of hydrogen-bond donors (Lipinski definition) is 2. The van der Waals surface area contributed by atoms with Gasteiger partial charge in [-0.15, -0.1) is 0 Å². The summed E-state index contributed by atoms with van der Waals surface area (Å²) in [6, 6.07) is -0.474. The van der Waals surface area contributed by atoms with Gasteiger partial charge in [-0.05, 0) is 67.9 Å². The highest BCUT2D eigenvalue weighted by Crippen LogP contribution is 2.33. The van der Waals surface area contributed by atoms with Gasteiger partial charge in [-0.2, -0.15) is 0 Å². The molecule has 0 unspecified atom stereocenters. The highest BCUT2D eigenvalue weighted by atomic mass is 16.2. The number of rotatable bonds is 7. The predicted octanol–water partition coefficient (Wildman–Crippen LogP) is 4.79. The van der Waals surface area contributed by atoms with Crippen molar-refractivity contribution >= 4 is 11.7 Å². The van der Waals surface area contributed by atoms with E-state index in [1.165, 1.54) is 41.5 Å². The Hall–Kier alpha value is -1.51. The first-order valence-electron chi connectivity index (χ1n) is 8.11. The Labute approximate surface area is 129 Å². The average Bonchev–Trinajstić information content (AvgIpc) is 2.45. The zero-order valence-corrected chi connectivity index (χ0v) is 14.2. The summed E-state index contributed by atoms with van der Waals surface area (Å²) < 4.78 is 0. The number of nitrogens with one attached hydrogen (secondary N) is 1. The molecule has 0 atom stereocenters. The molecule has 3 N–H and O–H groups in total. The Bertz CT molecular complexity index is 507. The first-order chi connectivity index (χ1) is 9.93. The standard InChI is InChI=1S/C18H30N2O/c1-6-8-9-10-11-16-15(7-2)13(4)12(3)14(5)17(16)20-18(19)21/h6-11H2,1-5H3,(H3,19,20,21). The number of primary amides is 1. The van der Waals surface area contributed by atoms with E-state index in [0.717, 1.165) is 30.5 Å². The minimum atomic E-state index is -0.474. The van der Waals surface area contributed by atoms with Gasteiger partial charge in [0.1, 0.15) is 0 Å². The first-order valence-corrected chi connectivity index (χ1v) is 8.11. The molecule has 0 aromatic heterocycles. The highest BCUT2D eigenvalue weighted by molar-refractivity contribution is 5.90. The summed E-state index contributed by atoms with van der Waals surface area (Å²) in [6.07, 6.45) is 6.91. The molecule has 0 aliphatic heterocycles. The topological polar surface area (TPSA) is 55.1 Å². The van der Waals surface area contributed by atoms with Gasteiger partial charge in [0.2, 0.25) is 0 Å². The Morgan fingerprint density at radius 1 is 0.952 bits per heavy atom. The van der Waals surface area contributed by atoms with E-state index in [1.807, 2.05) is 0 Å². The van der Waals surface area contributed by atoms with Crippen molar-refractivity contribution in [1.82, 2.24) is 0 Å². The quantitative estimate of drug-likeness (QED) is 0.697. The summed E-state index contributed by atoms with van der Waals surface area (Å²) in [5.41, 5.74) is 12.7. The van der Waals surface area contributed by atoms with Crippen LogP contribution < -0.4 is 11.1 Å². The number of carbonyl (C=O) groups excluding carboxylic acids is 1. The summed E-state index contributed by atoms with van der Waals surface area (Å²) in [5, 5.41) is 2.86. The van der Waals surface area contributed by atoms with E-state index in [1.54, 1.807) is 0 Å². The van der Waals surface area contributed by atoms with E-state index in [-0.39, 0.29) is 0 Å². The molecule has 0 saturated heterocycles. The molecule has 3 heteroatoms. The van der Waals surface area contributed by atoms with Gasteiger partial charge in [-0.3, -0.25) is 0 Å². The van der Waals surface area contributed by atoms with Crippen LogP contribution in [0.15, 0.2) is 0 Å². The van der Waals surface area contributed by atoms with Crippen LogP contribution in [0.5, 0.6) is 0 Å². The Balaban J connectivity index is 3.23. The van der Waals surface area contributed by atoms with Crippen molar-refractivity contribution in [2.75, 3.05) is 5.32 Å². The maximum absolute atomic E-state index is 11.4. The van der Waals surface area contributed by atoms with Gasteiger partial charge in [-0.1, -0.05) is 33.1 Å². The number of hydrogen-bond acceptors (Lipinski definition) is 1. The van der Waals surface area contributed by atoms with Crippen LogP contribution in [0.3, 0.4) is 0 Å². The number of benzene rings is 1. The lowest BCUT2D eigenvalue weighted by Gasteiger charge is -2.22. The number of anilines is 1. The normalized spacial score (nSPS) is 10.7. The predicted molar refractivity (Wildman–Crippen MR) is 91.1 cm³/mol. The lowest BCUT2D eigenvalue weighted by atomic mass is 9.87. The lowest BCUT2D eigenvalue weighted by molar-refractivity contribution is 0.259. The first kappa shape index (κ1) is 17.5. The van der Waals surface area contributed by atoms with Crippen LogP contribution in [0.4, 0.5) is 10.5 Å². The van der Waals surface area contributed by atoms with Gasteiger partial charge in [0.15, 0.2) is 0 Å². The van der Waals surface area contributed by atoms with E-state index in [4.69, 9.17) is 5.73 Å². The van der Waals surface area contributed by atoms with Gasteiger partial charge in [0, 0.05) is 5.69 Å². The van der Waals surface area contributed by atoms with Crippen LogP contribution >= 0.6 is 0 Å². The van der Waals surface area contributed by atoms with Crippen LogP contribution in [-0.4, -0.2) is 6.03 Å². The van der Waals surface area contributed by atoms with Crippen LogP contribution in [0.1, 0.15) is 67.3 Å². The minimum Gasteiger partial charge on any atom is -0.351 e. The Morgan fingerprint density at radius 3 is 2.14 bits per heavy atom. The number of unbranched alkanes of at least 4 members (excludes halogenated alkanes) is 3. The van der Waals surface area contributed by atoms with Crippen molar-refractivity contribution in [2.45, 2.75) is 73.1 Å². The summed E-state index contributed by atoms with van der Waals surface area (Å²) >= 11 is 0. The van der Waals surface area contributed by atoms with Crippen LogP contribution in [0.2, 0.25) is 0 Å². The van der Waals surface area contributed by atoms with Crippen molar-refractivity contribution in [3.05, 3.63) is 27.8 Å². The molecule has 1 rings (SSSR count). The third kappa shape index (κ3) is 4.23. The molecule has 0 saturated carbocycles. The van der Waals surface area contributed by atoms with Gasteiger partial charge in [0.05, 0.1) is 0 Å². The minimum absolute atomic E-state index is 0.474. The molecular weight excluding hydrogens is 260 g/mol. The molecule has 0 bridgehead atoms. The maximum atomic E-state index is 11.4. The highest BCUT2D eigenvalue weighted by Gasteiger charge is 2.17. The molecule has 0 radical (unpaired) electrons. The largest absolute Gasteiger partial charge is 0.351 e. The molecule has 0 aliphatic carbocycles. The van der Waals surface area contributed by atoms with Crippen molar-refractivity contribution in [1.29, 1.82) is 0 Å². The van der Waals surface area contributed by atoms with Gasteiger partial charge >= 0.3 is 6.03 Å². The van der Waals surface area contributed by atoms with Gasteiger partial charge < -0.3 is 11.1 Å². The van der Waals surface area contributed by atoms with Crippen molar-refractivity contribution in [3.8, 4) is 0 Å². The van der Waals surface area contributed by atoms with Crippen LogP contribution in [-0.2, 0) is 12.8 Å². The molecule has 0 aliphatic rings. The van der Waals surface area contributed by atoms with Crippen LogP contribution in [0.25, 0.3) is 0 Å². The van der Waals surface area contributed by atoms with E-state index in [9.17, 15) is 4.79 Å². The summed E-state index contributed by atoms with van der Waals surface area (Å²) in [6.45, 7) is 10.8. The zero-order chi connectivity index (χ0) is 16.0. The Morgan fingerprint density at radius 2 is 1.62 bits per heavy atom. The van der Waals surface area contributed by atoms with Crippen molar-refractivity contribution < 1.29 is 4.79 Å². The fourth-order valence-electron chi connectivity index (χ4n) is 3.07. The lowest BCUT2D eigenvalue weighted by Crippen LogP contribution is -2.22. The third-order valence-electron chi connectivity index (χ3n) is 4.50. The smallest absolute Gasteiger partial charge is 0.316 e. The van der Waals surface area contributed by atoms with Gasteiger partial charge in [0.25, 0.3) is 0 Å². The average molecular weight is 290 g/mol. The van der Waals surface area contributed by atoms with Crippen molar-refractivity contribution in [2.24, 2.45) is 5.73 Å². The number of urea groups is 1. The molecule has 21 heavy (non-hydrogen) atoms. The van der Waals surface area contributed by atoms with Crippen LogP contribution in [0, 0.1) is 20.8 Å². The van der Waals surface area contributed by atoms with Gasteiger partial charge in [-0.25, -0.2) is 4.79 Å². The summed E-state index contributed by atoms with van der Waals surface area (Å²) in [5.74, 6) is 0. The zero-order valence-electron chi connectivity index (χ0n) is 14.2. The second-order valence-electron chi connectivity index (χ2n) is 5.86. The number of carbonyl (C=O) groups is 1. The monoisotopic (exact) mass is 290 g/mol. The Kier molecular flexibility index (Phi) is 6.73. The molecule has 1 aromatic rings. The van der Waals surface area contributed by atoms with E-state index >= 15 is 0 Å². The molecule has 0 spiro atoms. The van der Waals surface area contributed by atoms with Crippen molar-refractivity contribution in [3.63, 3.8) is 0 Å². The molecule has 1 aromatic carbocycles. The molecule has 0 fully saturated rings. The van der Waals surface area contributed by atoms with E-state index in [2.05, 4.69) is 39.9 Å². The molecule has 3 nitrogen and oxygen atoms in total. The molecular formula is C18H30N2O. The fourth-order valence-corrected chi connectivity index (χ4v) is 3.07. The number of nitrogens with two attached hydrogens (primary N) is 1.